The zero-order chi connectivity index (χ0) is 14.4. The van der Waals surface area contributed by atoms with Crippen LogP contribution in [0.25, 0.3) is 0 Å². The van der Waals surface area contributed by atoms with Crippen molar-refractivity contribution in [1.29, 1.82) is 0 Å². The van der Waals surface area contributed by atoms with E-state index in [1.807, 2.05) is 6.07 Å². The lowest BCUT2D eigenvalue weighted by atomic mass is 10.1. The smallest absolute Gasteiger partial charge is 0.177 e. The first-order valence-electron chi connectivity index (χ1n) is 6.58. The van der Waals surface area contributed by atoms with Gasteiger partial charge in [-0.25, -0.2) is 4.39 Å². The third kappa shape index (κ3) is 3.72. The Kier molecular flexibility index (Phi) is 5.40. The van der Waals surface area contributed by atoms with Crippen LogP contribution in [0.2, 0.25) is 0 Å². The molecule has 108 valence electrons. The monoisotopic (exact) mass is 295 g/mol. The van der Waals surface area contributed by atoms with Crippen molar-refractivity contribution in [2.24, 2.45) is 10.1 Å². The predicted molar refractivity (Wildman–Crippen MR) is 82.3 cm³/mol. The Bertz CT molecular complexity index is 531. The highest BCUT2D eigenvalue weighted by Crippen LogP contribution is 2.20. The summed E-state index contributed by atoms with van der Waals surface area (Å²) < 4.78 is 18.6. The molecule has 6 heteroatoms. The molecule has 0 aliphatic carbocycles. The van der Waals surface area contributed by atoms with Gasteiger partial charge in [-0.1, -0.05) is 25.1 Å². The average Bonchev–Trinajstić information content (AvgIpc) is 2.48. The third-order valence-electron chi connectivity index (χ3n) is 2.88. The molecular weight excluding hydrogens is 277 g/mol. The van der Waals surface area contributed by atoms with Crippen molar-refractivity contribution in [2.45, 2.75) is 19.8 Å². The number of hydrogen-bond acceptors (Lipinski definition) is 4. The largest absolute Gasteiger partial charge is 0.494 e. The minimum absolute atomic E-state index is 0.243. The summed E-state index contributed by atoms with van der Waals surface area (Å²) in [5, 5.41) is 5.09. The number of nitrogens with one attached hydrogen (secondary N) is 1. The predicted octanol–water partition coefficient (Wildman–Crippen LogP) is 3.03. The van der Waals surface area contributed by atoms with E-state index in [0.717, 1.165) is 35.8 Å². The molecule has 1 N–H and O–H groups in total. The summed E-state index contributed by atoms with van der Waals surface area (Å²) in [5.41, 5.74) is 4.49. The molecule has 4 nitrogen and oxygen atoms in total. The Balaban J connectivity index is 2.04. The number of ether oxygens (including phenoxy) is 1. The Morgan fingerprint density at radius 1 is 1.50 bits per heavy atom. The molecule has 0 fully saturated rings. The minimum Gasteiger partial charge on any atom is -0.494 e. The number of benzene rings is 1. The van der Waals surface area contributed by atoms with E-state index in [1.54, 1.807) is 17.8 Å². The maximum Gasteiger partial charge on any atom is 0.177 e. The van der Waals surface area contributed by atoms with Gasteiger partial charge in [-0.2, -0.15) is 5.10 Å². The average molecular weight is 295 g/mol. The maximum absolute atomic E-state index is 13.7. The van der Waals surface area contributed by atoms with Gasteiger partial charge in [0.2, 0.25) is 0 Å². The lowest BCUT2D eigenvalue weighted by molar-refractivity contribution is 0.386. The van der Waals surface area contributed by atoms with Gasteiger partial charge in [0.25, 0.3) is 0 Å². The highest BCUT2D eigenvalue weighted by molar-refractivity contribution is 8.14. The normalized spacial score (nSPS) is 16.8. The Morgan fingerprint density at radius 2 is 2.35 bits per heavy atom. The van der Waals surface area contributed by atoms with Gasteiger partial charge in [0, 0.05) is 17.9 Å². The summed E-state index contributed by atoms with van der Waals surface area (Å²) in [6.45, 7) is 2.95. The van der Waals surface area contributed by atoms with Crippen LogP contribution in [0.5, 0.6) is 5.75 Å². The highest BCUT2D eigenvalue weighted by Gasteiger charge is 2.14. The number of methoxy groups -OCH3 is 1. The highest BCUT2D eigenvalue weighted by atomic mass is 32.2. The SMILES string of the molecule is CCCCN=C1NN=C(c2ccc(OC)c(F)c2)CS1. The van der Waals surface area contributed by atoms with Crippen LogP contribution in [-0.2, 0) is 0 Å². The molecule has 0 aromatic heterocycles. The fraction of sp³-hybridized carbons (Fsp3) is 0.429. The molecule has 0 atom stereocenters. The third-order valence-corrected chi connectivity index (χ3v) is 3.80. The lowest BCUT2D eigenvalue weighted by Gasteiger charge is -2.15. The summed E-state index contributed by atoms with van der Waals surface area (Å²) in [7, 11) is 1.45. The van der Waals surface area contributed by atoms with E-state index >= 15 is 0 Å². The van der Waals surface area contributed by atoms with E-state index < -0.39 is 0 Å². The molecule has 1 aromatic carbocycles. The number of hydrazone groups is 1. The summed E-state index contributed by atoms with van der Waals surface area (Å²) >= 11 is 1.59. The molecule has 20 heavy (non-hydrogen) atoms. The van der Waals surface area contributed by atoms with Crippen molar-refractivity contribution >= 4 is 22.6 Å². The molecule has 1 aromatic rings. The zero-order valence-corrected chi connectivity index (χ0v) is 12.5. The van der Waals surface area contributed by atoms with E-state index in [-0.39, 0.29) is 11.6 Å². The molecule has 2 rings (SSSR count). The van der Waals surface area contributed by atoms with Crippen LogP contribution in [0, 0.1) is 5.82 Å². The number of unbranched alkanes of at least 4 members (excludes halogenated alkanes) is 1. The first-order chi connectivity index (χ1) is 9.74. The molecule has 0 saturated heterocycles. The second kappa shape index (κ2) is 7.28. The van der Waals surface area contributed by atoms with Gasteiger partial charge in [-0.05, 0) is 24.6 Å². The molecule has 0 radical (unpaired) electrons. The second-order valence-corrected chi connectivity index (χ2v) is 5.31. The number of hydrogen-bond donors (Lipinski definition) is 1. The van der Waals surface area contributed by atoms with Gasteiger partial charge in [-0.3, -0.25) is 10.4 Å². The van der Waals surface area contributed by atoms with E-state index in [4.69, 9.17) is 4.74 Å². The van der Waals surface area contributed by atoms with Crippen LogP contribution < -0.4 is 10.2 Å². The Labute approximate surface area is 122 Å². The minimum atomic E-state index is -0.375. The maximum atomic E-state index is 13.7. The molecule has 0 amide bonds. The Morgan fingerprint density at radius 3 is 2.95 bits per heavy atom. The molecule has 0 spiro atoms. The molecule has 1 heterocycles. The summed E-state index contributed by atoms with van der Waals surface area (Å²) in [6, 6.07) is 4.87. The van der Waals surface area contributed by atoms with Crippen LogP contribution in [0.4, 0.5) is 4.39 Å². The topological polar surface area (TPSA) is 46.0 Å². The molecule has 1 aliphatic heterocycles. The van der Waals surface area contributed by atoms with Crippen molar-refractivity contribution in [1.82, 2.24) is 5.43 Å². The fourth-order valence-electron chi connectivity index (χ4n) is 1.73. The zero-order valence-electron chi connectivity index (χ0n) is 11.6. The lowest BCUT2D eigenvalue weighted by Crippen LogP contribution is -2.25. The van der Waals surface area contributed by atoms with Crippen molar-refractivity contribution in [3.8, 4) is 5.75 Å². The molecule has 0 unspecified atom stereocenters. The van der Waals surface area contributed by atoms with Gasteiger partial charge < -0.3 is 4.74 Å². The number of halogens is 1. The van der Waals surface area contributed by atoms with E-state index in [1.165, 1.54) is 13.2 Å². The molecule has 0 saturated carbocycles. The molecular formula is C14H18FN3OS. The summed E-state index contributed by atoms with van der Waals surface area (Å²) in [4.78, 5) is 4.41. The van der Waals surface area contributed by atoms with Crippen LogP contribution >= 0.6 is 11.8 Å². The number of nitrogens with zero attached hydrogens (tertiary/aromatic N) is 2. The van der Waals surface area contributed by atoms with Crippen LogP contribution in [0.15, 0.2) is 28.3 Å². The first-order valence-corrected chi connectivity index (χ1v) is 7.57. The fourth-order valence-corrected chi connectivity index (χ4v) is 2.53. The number of amidine groups is 1. The van der Waals surface area contributed by atoms with Crippen LogP contribution in [0.3, 0.4) is 0 Å². The van der Waals surface area contributed by atoms with Crippen molar-refractivity contribution in [3.63, 3.8) is 0 Å². The molecule has 0 bridgehead atoms. The second-order valence-electron chi connectivity index (χ2n) is 4.35. The summed E-state index contributed by atoms with van der Waals surface area (Å²) in [6.07, 6.45) is 2.20. The molecule has 1 aliphatic rings. The Hall–Kier alpha value is -1.56. The van der Waals surface area contributed by atoms with E-state index in [0.29, 0.717) is 5.75 Å². The van der Waals surface area contributed by atoms with Gasteiger partial charge in [0.05, 0.1) is 12.8 Å². The standard InChI is InChI=1S/C14H18FN3OS/c1-3-4-7-16-14-18-17-12(9-20-14)10-5-6-13(19-2)11(15)8-10/h5-6,8H,3-4,7,9H2,1-2H3,(H,16,18). The van der Waals surface area contributed by atoms with Crippen molar-refractivity contribution < 1.29 is 9.13 Å². The van der Waals surface area contributed by atoms with Gasteiger partial charge in [0.1, 0.15) is 0 Å². The van der Waals surface area contributed by atoms with Gasteiger partial charge in [0.15, 0.2) is 16.7 Å². The van der Waals surface area contributed by atoms with E-state index in [2.05, 4.69) is 22.4 Å². The van der Waals surface area contributed by atoms with Crippen LogP contribution in [-0.4, -0.2) is 30.3 Å². The number of aliphatic imine (C=N–C) groups is 1. The van der Waals surface area contributed by atoms with Crippen molar-refractivity contribution in [2.75, 3.05) is 19.4 Å². The van der Waals surface area contributed by atoms with Crippen LogP contribution in [0.1, 0.15) is 25.3 Å². The number of thioether (sulfide) groups is 1. The van der Waals surface area contributed by atoms with Crippen molar-refractivity contribution in [3.05, 3.63) is 29.6 Å². The van der Waals surface area contributed by atoms with Gasteiger partial charge >= 0.3 is 0 Å². The number of rotatable bonds is 5. The quantitative estimate of drug-likeness (QED) is 0.849. The van der Waals surface area contributed by atoms with E-state index in [9.17, 15) is 4.39 Å². The summed E-state index contributed by atoms with van der Waals surface area (Å²) in [5.74, 6) is 0.552. The van der Waals surface area contributed by atoms with Gasteiger partial charge in [-0.15, -0.1) is 0 Å². The first kappa shape index (κ1) is 14.8.